The van der Waals surface area contributed by atoms with Gasteiger partial charge in [-0.15, -0.1) is 0 Å². The highest BCUT2D eigenvalue weighted by Crippen LogP contribution is 2.12. The van der Waals surface area contributed by atoms with Crippen LogP contribution in [0.4, 0.5) is 4.79 Å². The zero-order valence-electron chi connectivity index (χ0n) is 5.76. The number of carbonyl (C=O) groups is 3. The van der Waals surface area contributed by atoms with Gasteiger partial charge >= 0.3 is 6.16 Å². The molecule has 66 valence electrons. The van der Waals surface area contributed by atoms with Gasteiger partial charge in [0.25, 0.3) is 11.8 Å². The van der Waals surface area contributed by atoms with Crippen LogP contribution in [-0.2, 0) is 14.4 Å². The van der Waals surface area contributed by atoms with Gasteiger partial charge in [0.05, 0.1) is 6.42 Å². The van der Waals surface area contributed by atoms with Crippen LogP contribution in [-0.4, -0.2) is 39.3 Å². The van der Waals surface area contributed by atoms with Gasteiger partial charge in [-0.05, 0) is 0 Å². The van der Waals surface area contributed by atoms with Crippen molar-refractivity contribution in [1.29, 1.82) is 0 Å². The molecular formula is C5H5NO6. The van der Waals surface area contributed by atoms with E-state index in [1.807, 2.05) is 0 Å². The van der Waals surface area contributed by atoms with Crippen LogP contribution in [0.1, 0.15) is 6.42 Å². The quantitative estimate of drug-likeness (QED) is 0.481. The maximum Gasteiger partial charge on any atom is 0.531 e. The lowest BCUT2D eigenvalue weighted by Gasteiger charge is -2.08. The summed E-state index contributed by atoms with van der Waals surface area (Å²) >= 11 is 0. The largest absolute Gasteiger partial charge is 0.531 e. The summed E-state index contributed by atoms with van der Waals surface area (Å²) in [5, 5.41) is 16.8. The van der Waals surface area contributed by atoms with E-state index in [9.17, 15) is 14.4 Å². The third-order valence-electron chi connectivity index (χ3n) is 1.25. The van der Waals surface area contributed by atoms with E-state index >= 15 is 0 Å². The van der Waals surface area contributed by atoms with Crippen LogP contribution < -0.4 is 0 Å². The molecule has 1 unspecified atom stereocenters. The highest BCUT2D eigenvalue weighted by molar-refractivity contribution is 6.04. The molecule has 7 nitrogen and oxygen atoms in total. The van der Waals surface area contributed by atoms with Crippen LogP contribution in [0.25, 0.3) is 0 Å². The van der Waals surface area contributed by atoms with Gasteiger partial charge in [-0.1, -0.05) is 5.06 Å². The Bertz CT molecular complexity index is 248. The fourth-order valence-electron chi connectivity index (χ4n) is 0.768. The number of hydrogen-bond donors (Lipinski definition) is 2. The number of rotatable bonds is 1. The second kappa shape index (κ2) is 2.78. The predicted molar refractivity (Wildman–Crippen MR) is 31.6 cm³/mol. The fourth-order valence-corrected chi connectivity index (χ4v) is 0.768. The second-order valence-electron chi connectivity index (χ2n) is 2.10. The Labute approximate surface area is 66.1 Å². The van der Waals surface area contributed by atoms with Crippen LogP contribution in [0.15, 0.2) is 0 Å². The van der Waals surface area contributed by atoms with Crippen LogP contribution in [0, 0.1) is 0 Å². The molecule has 2 N–H and O–H groups in total. The maximum absolute atomic E-state index is 10.7. The topological polar surface area (TPSA) is 104 Å². The van der Waals surface area contributed by atoms with Gasteiger partial charge in [0.15, 0.2) is 0 Å². The van der Waals surface area contributed by atoms with Gasteiger partial charge in [-0.3, -0.25) is 14.4 Å². The average molecular weight is 175 g/mol. The van der Waals surface area contributed by atoms with E-state index in [-0.39, 0.29) is 5.06 Å². The number of nitrogens with zero attached hydrogens (tertiary/aromatic N) is 1. The molecule has 0 radical (unpaired) electrons. The van der Waals surface area contributed by atoms with Crippen molar-refractivity contribution in [3.63, 3.8) is 0 Å². The normalized spacial score (nSPS) is 23.1. The minimum absolute atomic E-state index is 0.0347. The van der Waals surface area contributed by atoms with Crippen molar-refractivity contribution >= 4 is 18.0 Å². The van der Waals surface area contributed by atoms with E-state index in [2.05, 4.69) is 4.84 Å². The Balaban J connectivity index is 2.70. The third kappa shape index (κ3) is 1.35. The number of carbonyl (C=O) groups excluding carboxylic acids is 2. The molecule has 2 amide bonds. The van der Waals surface area contributed by atoms with Crippen LogP contribution in [0.5, 0.6) is 0 Å². The number of carboxylic acid groups (broad SMARTS) is 1. The molecule has 1 saturated heterocycles. The minimum atomic E-state index is -1.77. The molecule has 1 aliphatic heterocycles. The van der Waals surface area contributed by atoms with Gasteiger partial charge in [-0.2, -0.15) is 0 Å². The lowest BCUT2D eigenvalue weighted by molar-refractivity contribution is -0.177. The zero-order chi connectivity index (χ0) is 9.30. The summed E-state index contributed by atoms with van der Waals surface area (Å²) in [5.41, 5.74) is 0. The molecule has 1 fully saturated rings. The molecule has 1 aliphatic rings. The molecule has 0 spiro atoms. The maximum atomic E-state index is 10.7. The summed E-state index contributed by atoms with van der Waals surface area (Å²) in [5.74, 6) is -1.92. The van der Waals surface area contributed by atoms with E-state index in [0.717, 1.165) is 0 Å². The third-order valence-corrected chi connectivity index (χ3v) is 1.25. The van der Waals surface area contributed by atoms with Crippen molar-refractivity contribution in [3.05, 3.63) is 0 Å². The molecule has 12 heavy (non-hydrogen) atoms. The molecule has 0 saturated carbocycles. The Kier molecular flexibility index (Phi) is 1.96. The summed E-state index contributed by atoms with van der Waals surface area (Å²) < 4.78 is 0. The van der Waals surface area contributed by atoms with E-state index < -0.39 is 30.5 Å². The lowest BCUT2D eigenvalue weighted by Crippen LogP contribution is -2.33. The van der Waals surface area contributed by atoms with Crippen molar-refractivity contribution in [2.45, 2.75) is 12.5 Å². The summed E-state index contributed by atoms with van der Waals surface area (Å²) in [6.07, 6.45) is -3.70. The molecule has 0 aromatic carbocycles. The molecule has 1 heterocycles. The monoisotopic (exact) mass is 175 g/mol. The summed E-state index contributed by atoms with van der Waals surface area (Å²) in [6.45, 7) is 0. The number of imide groups is 1. The molecule has 7 heteroatoms. The van der Waals surface area contributed by atoms with Crippen molar-refractivity contribution < 1.29 is 29.4 Å². The van der Waals surface area contributed by atoms with Crippen LogP contribution in [0.2, 0.25) is 0 Å². The van der Waals surface area contributed by atoms with Gasteiger partial charge in [0.2, 0.25) is 0 Å². The van der Waals surface area contributed by atoms with Crippen LogP contribution >= 0.6 is 0 Å². The molecule has 0 aromatic heterocycles. The number of hydroxylamine groups is 2. The van der Waals surface area contributed by atoms with E-state index in [4.69, 9.17) is 10.2 Å². The number of aliphatic hydroxyl groups excluding tert-OH is 1. The first kappa shape index (κ1) is 8.47. The highest BCUT2D eigenvalue weighted by atomic mass is 16.8. The second-order valence-corrected chi connectivity index (χ2v) is 2.10. The molecule has 1 rings (SSSR count). The first-order chi connectivity index (χ1) is 5.52. The average Bonchev–Trinajstić information content (AvgIpc) is 2.16. The standard InChI is InChI=1S/C5H5NO6/c7-2-1-3(8)6(4(2)9)12-5(10)11/h2,7H,1H2,(H,10,11). The van der Waals surface area contributed by atoms with Gasteiger partial charge in [0, 0.05) is 0 Å². The van der Waals surface area contributed by atoms with E-state index in [1.54, 1.807) is 0 Å². The SMILES string of the molecule is O=C(O)ON1C(=O)CC(O)C1=O. The summed E-state index contributed by atoms with van der Waals surface area (Å²) in [6, 6.07) is 0. The van der Waals surface area contributed by atoms with E-state index in [1.165, 1.54) is 0 Å². The Morgan fingerprint density at radius 2 is 2.17 bits per heavy atom. The molecule has 0 bridgehead atoms. The number of hydrogen-bond acceptors (Lipinski definition) is 5. The Morgan fingerprint density at radius 3 is 2.50 bits per heavy atom. The zero-order valence-corrected chi connectivity index (χ0v) is 5.76. The summed E-state index contributed by atoms with van der Waals surface area (Å²) in [7, 11) is 0. The number of amides is 2. The van der Waals surface area contributed by atoms with Crippen molar-refractivity contribution in [1.82, 2.24) is 5.06 Å². The molecule has 0 aliphatic carbocycles. The molecule has 1 atom stereocenters. The van der Waals surface area contributed by atoms with Gasteiger partial charge in [-0.25, -0.2) is 4.79 Å². The lowest BCUT2D eigenvalue weighted by atomic mass is 10.3. The highest BCUT2D eigenvalue weighted by Gasteiger charge is 2.40. The smallest absolute Gasteiger partial charge is 0.448 e. The van der Waals surface area contributed by atoms with Crippen molar-refractivity contribution in [3.8, 4) is 0 Å². The Hall–Kier alpha value is -1.63. The summed E-state index contributed by atoms with van der Waals surface area (Å²) in [4.78, 5) is 35.1. The fraction of sp³-hybridized carbons (Fsp3) is 0.400. The van der Waals surface area contributed by atoms with Gasteiger partial charge in [0.1, 0.15) is 6.10 Å². The number of aliphatic hydroxyl groups is 1. The molecule has 0 aromatic rings. The van der Waals surface area contributed by atoms with Crippen molar-refractivity contribution in [2.75, 3.05) is 0 Å². The Morgan fingerprint density at radius 1 is 1.58 bits per heavy atom. The van der Waals surface area contributed by atoms with Crippen LogP contribution in [0.3, 0.4) is 0 Å². The minimum Gasteiger partial charge on any atom is -0.448 e. The molecular weight excluding hydrogens is 170 g/mol. The van der Waals surface area contributed by atoms with E-state index in [0.29, 0.717) is 0 Å². The van der Waals surface area contributed by atoms with Gasteiger partial charge < -0.3 is 10.2 Å². The first-order valence-electron chi connectivity index (χ1n) is 2.98. The van der Waals surface area contributed by atoms with Crippen molar-refractivity contribution in [2.24, 2.45) is 0 Å². The predicted octanol–water partition coefficient (Wildman–Crippen LogP) is -1.28. The first-order valence-corrected chi connectivity index (χ1v) is 2.98.